The van der Waals surface area contributed by atoms with Crippen molar-refractivity contribution in [2.45, 2.75) is 39.8 Å². The molecule has 7 heteroatoms. The predicted octanol–water partition coefficient (Wildman–Crippen LogP) is 3.11. The Bertz CT molecular complexity index is 637. The van der Waals surface area contributed by atoms with Crippen LogP contribution in [0.1, 0.15) is 37.8 Å². The third-order valence-electron chi connectivity index (χ3n) is 4.68. The van der Waals surface area contributed by atoms with E-state index in [0.29, 0.717) is 19.7 Å². The van der Waals surface area contributed by atoms with E-state index in [1.54, 1.807) is 0 Å². The van der Waals surface area contributed by atoms with Gasteiger partial charge in [0.25, 0.3) is 0 Å². The number of likely N-dealkylation sites (tertiary alicyclic amines) is 1. The minimum absolute atomic E-state index is 0. The van der Waals surface area contributed by atoms with Gasteiger partial charge in [-0.05, 0) is 51.9 Å². The Hall–Kier alpha value is -1.35. The Kier molecular flexibility index (Phi) is 11.4. The Morgan fingerprint density at radius 3 is 2.64 bits per heavy atom. The van der Waals surface area contributed by atoms with Gasteiger partial charge in [-0.15, -0.1) is 24.0 Å². The monoisotopic (exact) mass is 502 g/mol. The van der Waals surface area contributed by atoms with E-state index in [9.17, 15) is 4.79 Å². The standard InChI is InChI=1S/C21H34N4O2.HI/c1-5-22-21(25-13-9-12-19(16-25)20(26)27-6-2)23-14-17-10-7-8-11-18(17)15-24(3)4;/h7-8,10-11,19H,5-6,9,12-16H2,1-4H3,(H,22,23);1H. The summed E-state index contributed by atoms with van der Waals surface area (Å²) in [5.41, 5.74) is 2.53. The maximum absolute atomic E-state index is 12.1. The van der Waals surface area contributed by atoms with Gasteiger partial charge in [-0.25, -0.2) is 4.99 Å². The van der Waals surface area contributed by atoms with Crippen LogP contribution in [0.2, 0.25) is 0 Å². The fraction of sp³-hybridized carbons (Fsp3) is 0.619. The molecule has 1 atom stereocenters. The van der Waals surface area contributed by atoms with Crippen molar-refractivity contribution in [3.8, 4) is 0 Å². The average molecular weight is 502 g/mol. The average Bonchev–Trinajstić information content (AvgIpc) is 2.66. The zero-order valence-corrected chi connectivity index (χ0v) is 19.9. The summed E-state index contributed by atoms with van der Waals surface area (Å²) in [5.74, 6) is 0.726. The normalized spacial score (nSPS) is 17.2. The fourth-order valence-electron chi connectivity index (χ4n) is 3.41. The van der Waals surface area contributed by atoms with Gasteiger partial charge in [0.2, 0.25) is 0 Å². The first-order chi connectivity index (χ1) is 13.0. The second kappa shape index (κ2) is 13.0. The van der Waals surface area contributed by atoms with Crippen LogP contribution < -0.4 is 5.32 Å². The number of halogens is 1. The number of nitrogens with zero attached hydrogens (tertiary/aromatic N) is 3. The molecule has 1 heterocycles. The van der Waals surface area contributed by atoms with Crippen LogP contribution >= 0.6 is 24.0 Å². The largest absolute Gasteiger partial charge is 0.466 e. The van der Waals surface area contributed by atoms with E-state index in [1.807, 2.05) is 6.92 Å². The Labute approximate surface area is 186 Å². The molecule has 1 aliphatic rings. The molecule has 6 nitrogen and oxygen atoms in total. The van der Waals surface area contributed by atoms with E-state index in [2.05, 4.69) is 60.4 Å². The molecular weight excluding hydrogens is 467 g/mol. The summed E-state index contributed by atoms with van der Waals surface area (Å²) in [5, 5.41) is 3.39. The van der Waals surface area contributed by atoms with E-state index < -0.39 is 0 Å². The van der Waals surface area contributed by atoms with Gasteiger partial charge in [-0.2, -0.15) is 0 Å². The highest BCUT2D eigenvalue weighted by molar-refractivity contribution is 14.0. The molecule has 1 saturated heterocycles. The van der Waals surface area contributed by atoms with Gasteiger partial charge in [0.15, 0.2) is 5.96 Å². The zero-order chi connectivity index (χ0) is 19.6. The molecule has 1 fully saturated rings. The van der Waals surface area contributed by atoms with Gasteiger partial charge in [0.1, 0.15) is 0 Å². The van der Waals surface area contributed by atoms with Crippen LogP contribution in [0.3, 0.4) is 0 Å². The van der Waals surface area contributed by atoms with Gasteiger partial charge < -0.3 is 19.9 Å². The van der Waals surface area contributed by atoms with Crippen molar-refractivity contribution < 1.29 is 9.53 Å². The topological polar surface area (TPSA) is 57.2 Å². The number of hydrogen-bond donors (Lipinski definition) is 1. The van der Waals surface area contributed by atoms with Crippen molar-refractivity contribution in [3.05, 3.63) is 35.4 Å². The number of carbonyl (C=O) groups excluding carboxylic acids is 1. The first-order valence-corrected chi connectivity index (χ1v) is 9.96. The van der Waals surface area contributed by atoms with Gasteiger partial charge in [-0.3, -0.25) is 4.79 Å². The number of nitrogens with one attached hydrogen (secondary N) is 1. The molecular formula is C21H35IN4O2. The molecule has 1 N–H and O–H groups in total. The lowest BCUT2D eigenvalue weighted by atomic mass is 9.98. The lowest BCUT2D eigenvalue weighted by molar-refractivity contribution is -0.149. The number of rotatable bonds is 7. The molecule has 1 unspecified atom stereocenters. The number of hydrogen-bond acceptors (Lipinski definition) is 4. The molecule has 0 aromatic heterocycles. The number of guanidine groups is 1. The van der Waals surface area contributed by atoms with Crippen molar-refractivity contribution >= 4 is 35.9 Å². The summed E-state index contributed by atoms with van der Waals surface area (Å²) in [6.45, 7) is 8.29. The zero-order valence-electron chi connectivity index (χ0n) is 17.6. The SMILES string of the molecule is CCNC(=NCc1ccccc1CN(C)C)N1CCCC(C(=O)OCC)C1.I. The molecule has 1 aliphatic heterocycles. The first-order valence-electron chi connectivity index (χ1n) is 9.96. The maximum Gasteiger partial charge on any atom is 0.310 e. The van der Waals surface area contributed by atoms with E-state index in [4.69, 9.17) is 9.73 Å². The molecule has 158 valence electrons. The number of piperidine rings is 1. The molecule has 2 rings (SSSR count). The summed E-state index contributed by atoms with van der Waals surface area (Å²) >= 11 is 0. The van der Waals surface area contributed by atoms with E-state index in [1.165, 1.54) is 11.1 Å². The maximum atomic E-state index is 12.1. The second-order valence-electron chi connectivity index (χ2n) is 7.21. The first kappa shape index (κ1) is 24.7. The van der Waals surface area contributed by atoms with Gasteiger partial charge >= 0.3 is 5.97 Å². The third kappa shape index (κ3) is 7.58. The minimum atomic E-state index is -0.0885. The highest BCUT2D eigenvalue weighted by Crippen LogP contribution is 2.19. The molecule has 0 saturated carbocycles. The van der Waals surface area contributed by atoms with Crippen LogP contribution in [-0.4, -0.2) is 62.1 Å². The van der Waals surface area contributed by atoms with Crippen LogP contribution in [0, 0.1) is 5.92 Å². The number of aliphatic imine (C=N–C) groups is 1. The van der Waals surface area contributed by atoms with Gasteiger partial charge in [0.05, 0.1) is 19.1 Å². The lowest BCUT2D eigenvalue weighted by Crippen LogP contribution is -2.48. The number of ether oxygens (including phenoxy) is 1. The summed E-state index contributed by atoms with van der Waals surface area (Å²) in [6, 6.07) is 8.44. The fourth-order valence-corrected chi connectivity index (χ4v) is 3.41. The van der Waals surface area contributed by atoms with Crippen LogP contribution in [0.4, 0.5) is 0 Å². The molecule has 0 amide bonds. The Morgan fingerprint density at radius 2 is 2.00 bits per heavy atom. The molecule has 0 radical (unpaired) electrons. The summed E-state index contributed by atoms with van der Waals surface area (Å²) in [4.78, 5) is 21.4. The van der Waals surface area contributed by atoms with E-state index in [-0.39, 0.29) is 35.9 Å². The van der Waals surface area contributed by atoms with Crippen molar-refractivity contribution in [3.63, 3.8) is 0 Å². The van der Waals surface area contributed by atoms with Crippen molar-refractivity contribution in [1.82, 2.24) is 15.1 Å². The molecule has 0 spiro atoms. The molecule has 0 bridgehead atoms. The number of carbonyl (C=O) groups is 1. The Balaban J connectivity index is 0.00000392. The molecule has 28 heavy (non-hydrogen) atoms. The Morgan fingerprint density at radius 1 is 1.29 bits per heavy atom. The predicted molar refractivity (Wildman–Crippen MR) is 125 cm³/mol. The smallest absolute Gasteiger partial charge is 0.310 e. The molecule has 1 aromatic rings. The van der Waals surface area contributed by atoms with Gasteiger partial charge in [0, 0.05) is 26.2 Å². The van der Waals surface area contributed by atoms with Crippen LogP contribution in [0.15, 0.2) is 29.3 Å². The minimum Gasteiger partial charge on any atom is -0.466 e. The van der Waals surface area contributed by atoms with Crippen molar-refractivity contribution in [1.29, 1.82) is 0 Å². The van der Waals surface area contributed by atoms with Crippen molar-refractivity contribution in [2.75, 3.05) is 40.3 Å². The summed E-state index contributed by atoms with van der Waals surface area (Å²) in [7, 11) is 4.15. The van der Waals surface area contributed by atoms with Crippen LogP contribution in [0.25, 0.3) is 0 Å². The number of benzene rings is 1. The third-order valence-corrected chi connectivity index (χ3v) is 4.68. The highest BCUT2D eigenvalue weighted by Gasteiger charge is 2.28. The number of esters is 1. The van der Waals surface area contributed by atoms with E-state index >= 15 is 0 Å². The van der Waals surface area contributed by atoms with Crippen molar-refractivity contribution in [2.24, 2.45) is 10.9 Å². The highest BCUT2D eigenvalue weighted by atomic mass is 127. The van der Waals surface area contributed by atoms with Crippen LogP contribution in [-0.2, 0) is 22.6 Å². The van der Waals surface area contributed by atoms with Crippen LogP contribution in [0.5, 0.6) is 0 Å². The lowest BCUT2D eigenvalue weighted by Gasteiger charge is -2.34. The summed E-state index contributed by atoms with van der Waals surface area (Å²) < 4.78 is 5.22. The molecule has 1 aromatic carbocycles. The van der Waals surface area contributed by atoms with Gasteiger partial charge in [-0.1, -0.05) is 24.3 Å². The molecule has 0 aliphatic carbocycles. The second-order valence-corrected chi connectivity index (χ2v) is 7.21. The van der Waals surface area contributed by atoms with E-state index in [0.717, 1.165) is 38.4 Å². The summed E-state index contributed by atoms with van der Waals surface area (Å²) in [6.07, 6.45) is 1.87. The quantitative estimate of drug-likeness (QED) is 0.269.